The normalized spacial score (nSPS) is 9.83. The molecule has 2 amide bonds. The van der Waals surface area contributed by atoms with Crippen molar-refractivity contribution in [1.29, 1.82) is 0 Å². The van der Waals surface area contributed by atoms with E-state index in [0.29, 0.717) is 22.0 Å². The number of methoxy groups -OCH3 is 1. The molecule has 2 N–H and O–H groups in total. The topological polar surface area (TPSA) is 84.5 Å². The minimum atomic E-state index is -0.837. The number of ether oxygens (including phenoxy) is 1. The Labute approximate surface area is 137 Å². The number of nitrogens with one attached hydrogen (secondary N) is 2. The second kappa shape index (κ2) is 7.42. The summed E-state index contributed by atoms with van der Waals surface area (Å²) in [4.78, 5) is 34.9. The first-order valence-corrected chi connectivity index (χ1v) is 6.93. The van der Waals surface area contributed by atoms with Crippen LogP contribution in [0.4, 0.5) is 11.4 Å². The Hall–Kier alpha value is -2.86. The third-order valence-corrected chi connectivity index (χ3v) is 3.09. The Kier molecular flexibility index (Phi) is 5.32. The zero-order valence-electron chi connectivity index (χ0n) is 12.1. The number of carbonyl (C=O) groups is 3. The van der Waals surface area contributed by atoms with Crippen LogP contribution >= 0.6 is 11.6 Å². The van der Waals surface area contributed by atoms with Crippen LogP contribution in [-0.2, 0) is 14.3 Å². The highest BCUT2D eigenvalue weighted by molar-refractivity contribution is 6.43. The molecule has 0 fully saturated rings. The molecule has 0 heterocycles. The predicted octanol–water partition coefficient (Wildman–Crippen LogP) is 2.70. The maximum Gasteiger partial charge on any atom is 0.337 e. The van der Waals surface area contributed by atoms with Crippen molar-refractivity contribution in [3.63, 3.8) is 0 Å². The Morgan fingerprint density at radius 1 is 0.913 bits per heavy atom. The zero-order chi connectivity index (χ0) is 16.8. The van der Waals surface area contributed by atoms with Crippen LogP contribution in [0.25, 0.3) is 0 Å². The van der Waals surface area contributed by atoms with E-state index in [-0.39, 0.29) is 0 Å². The van der Waals surface area contributed by atoms with E-state index in [0.717, 1.165) is 0 Å². The van der Waals surface area contributed by atoms with Crippen LogP contribution < -0.4 is 10.6 Å². The van der Waals surface area contributed by atoms with Crippen LogP contribution in [0.15, 0.2) is 48.5 Å². The van der Waals surface area contributed by atoms with Crippen LogP contribution in [0.1, 0.15) is 10.4 Å². The maximum absolute atomic E-state index is 11.8. The van der Waals surface area contributed by atoms with Crippen molar-refractivity contribution >= 4 is 40.8 Å². The molecule has 0 radical (unpaired) electrons. The molecule has 0 bridgehead atoms. The molecule has 2 rings (SSSR count). The van der Waals surface area contributed by atoms with Gasteiger partial charge in [-0.25, -0.2) is 4.79 Å². The van der Waals surface area contributed by atoms with Gasteiger partial charge < -0.3 is 15.4 Å². The third kappa shape index (κ3) is 4.55. The van der Waals surface area contributed by atoms with Crippen molar-refractivity contribution in [3.8, 4) is 0 Å². The first-order valence-electron chi connectivity index (χ1n) is 6.56. The van der Waals surface area contributed by atoms with Crippen LogP contribution in [0.5, 0.6) is 0 Å². The van der Waals surface area contributed by atoms with Gasteiger partial charge in [0.25, 0.3) is 0 Å². The summed E-state index contributed by atoms with van der Waals surface area (Å²) in [5, 5.41) is 5.30. The van der Waals surface area contributed by atoms with E-state index in [1.165, 1.54) is 37.4 Å². The van der Waals surface area contributed by atoms with Crippen molar-refractivity contribution in [3.05, 3.63) is 59.1 Å². The molecular weight excluding hydrogens is 320 g/mol. The quantitative estimate of drug-likeness (QED) is 0.668. The van der Waals surface area contributed by atoms with Crippen molar-refractivity contribution < 1.29 is 19.1 Å². The Morgan fingerprint density at radius 3 is 2.09 bits per heavy atom. The van der Waals surface area contributed by atoms with Gasteiger partial charge in [-0.2, -0.15) is 0 Å². The van der Waals surface area contributed by atoms with Gasteiger partial charge in [0, 0.05) is 16.4 Å². The number of carbonyl (C=O) groups excluding carboxylic acids is 3. The van der Waals surface area contributed by atoms with E-state index in [1.54, 1.807) is 18.2 Å². The van der Waals surface area contributed by atoms with Crippen LogP contribution in [0.3, 0.4) is 0 Å². The van der Waals surface area contributed by atoms with Gasteiger partial charge in [-0.1, -0.05) is 17.7 Å². The number of amides is 2. The molecule has 0 saturated heterocycles. The second-order valence-corrected chi connectivity index (χ2v) is 4.92. The molecule has 118 valence electrons. The number of hydrogen-bond donors (Lipinski definition) is 2. The summed E-state index contributed by atoms with van der Waals surface area (Å²) in [5.41, 5.74) is 1.14. The summed E-state index contributed by atoms with van der Waals surface area (Å²) < 4.78 is 4.57. The van der Waals surface area contributed by atoms with Gasteiger partial charge in [-0.15, -0.1) is 0 Å². The summed E-state index contributed by atoms with van der Waals surface area (Å²) in [6.07, 6.45) is 0. The van der Waals surface area contributed by atoms with Gasteiger partial charge in [-0.05, 0) is 42.5 Å². The molecule has 7 heteroatoms. The first kappa shape index (κ1) is 16.5. The lowest BCUT2D eigenvalue weighted by molar-refractivity contribution is -0.132. The van der Waals surface area contributed by atoms with E-state index < -0.39 is 17.8 Å². The van der Waals surface area contributed by atoms with Crippen molar-refractivity contribution in [2.24, 2.45) is 0 Å². The summed E-state index contributed by atoms with van der Waals surface area (Å²) >= 11 is 5.80. The molecule has 2 aromatic carbocycles. The molecule has 0 aliphatic carbocycles. The molecule has 0 spiro atoms. The Balaban J connectivity index is 1.98. The second-order valence-electron chi connectivity index (χ2n) is 4.49. The van der Waals surface area contributed by atoms with Crippen LogP contribution in [0, 0.1) is 0 Å². The average molecular weight is 333 g/mol. The maximum atomic E-state index is 11.8. The van der Waals surface area contributed by atoms with Crippen molar-refractivity contribution in [1.82, 2.24) is 0 Å². The van der Waals surface area contributed by atoms with E-state index in [1.807, 2.05) is 0 Å². The van der Waals surface area contributed by atoms with Gasteiger partial charge in [0.2, 0.25) is 0 Å². The van der Waals surface area contributed by atoms with Crippen LogP contribution in [-0.4, -0.2) is 24.9 Å². The molecule has 0 saturated carbocycles. The minimum Gasteiger partial charge on any atom is -0.465 e. The SMILES string of the molecule is COC(=O)c1ccc(NC(=O)C(=O)Nc2cccc(Cl)c2)cc1. The third-order valence-electron chi connectivity index (χ3n) is 2.85. The van der Waals surface area contributed by atoms with E-state index >= 15 is 0 Å². The van der Waals surface area contributed by atoms with Gasteiger partial charge in [0.1, 0.15) is 0 Å². The fourth-order valence-corrected chi connectivity index (χ4v) is 1.94. The lowest BCUT2D eigenvalue weighted by Crippen LogP contribution is -2.29. The number of rotatable bonds is 3. The smallest absolute Gasteiger partial charge is 0.337 e. The number of esters is 1. The predicted molar refractivity (Wildman–Crippen MR) is 86.5 cm³/mol. The summed E-state index contributed by atoms with van der Waals surface area (Å²) in [6.45, 7) is 0. The fraction of sp³-hybridized carbons (Fsp3) is 0.0625. The standard InChI is InChI=1S/C16H13ClN2O4/c1-23-16(22)10-5-7-12(8-6-10)18-14(20)15(21)19-13-4-2-3-11(17)9-13/h2-9H,1H3,(H,18,20)(H,19,21). The molecule has 0 aliphatic rings. The molecule has 6 nitrogen and oxygen atoms in total. The van der Waals surface area contributed by atoms with Gasteiger partial charge in [-0.3, -0.25) is 9.59 Å². The van der Waals surface area contributed by atoms with Crippen molar-refractivity contribution in [2.75, 3.05) is 17.7 Å². The number of halogens is 1. The monoisotopic (exact) mass is 332 g/mol. The highest BCUT2D eigenvalue weighted by Gasteiger charge is 2.14. The molecule has 2 aromatic rings. The lowest BCUT2D eigenvalue weighted by Gasteiger charge is -2.07. The Morgan fingerprint density at radius 2 is 1.52 bits per heavy atom. The Bertz CT molecular complexity index is 744. The van der Waals surface area contributed by atoms with E-state index in [9.17, 15) is 14.4 Å². The lowest BCUT2D eigenvalue weighted by atomic mass is 10.2. The average Bonchev–Trinajstić information content (AvgIpc) is 2.54. The molecule has 0 aromatic heterocycles. The molecule has 0 unspecified atom stereocenters. The number of hydrogen-bond acceptors (Lipinski definition) is 4. The van der Waals surface area contributed by atoms with E-state index in [2.05, 4.69) is 15.4 Å². The van der Waals surface area contributed by atoms with Crippen molar-refractivity contribution in [2.45, 2.75) is 0 Å². The van der Waals surface area contributed by atoms with Crippen LogP contribution in [0.2, 0.25) is 5.02 Å². The van der Waals surface area contributed by atoms with Gasteiger partial charge in [0.05, 0.1) is 12.7 Å². The molecule has 0 aliphatic heterocycles. The number of anilines is 2. The summed E-state index contributed by atoms with van der Waals surface area (Å²) in [6, 6.07) is 12.4. The number of benzene rings is 2. The largest absolute Gasteiger partial charge is 0.465 e. The first-order chi connectivity index (χ1) is 11.0. The summed E-state index contributed by atoms with van der Waals surface area (Å²) in [7, 11) is 1.28. The molecular formula is C16H13ClN2O4. The fourth-order valence-electron chi connectivity index (χ4n) is 1.75. The summed E-state index contributed by atoms with van der Waals surface area (Å²) in [5.74, 6) is -2.15. The zero-order valence-corrected chi connectivity index (χ0v) is 12.9. The molecule has 23 heavy (non-hydrogen) atoms. The highest BCUT2D eigenvalue weighted by Crippen LogP contribution is 2.15. The van der Waals surface area contributed by atoms with Gasteiger partial charge in [0.15, 0.2) is 0 Å². The molecule has 0 atom stereocenters. The van der Waals surface area contributed by atoms with Gasteiger partial charge >= 0.3 is 17.8 Å². The highest BCUT2D eigenvalue weighted by atomic mass is 35.5. The minimum absolute atomic E-state index is 0.342. The van der Waals surface area contributed by atoms with E-state index in [4.69, 9.17) is 11.6 Å².